The summed E-state index contributed by atoms with van der Waals surface area (Å²) in [6, 6.07) is 13.3. The van der Waals surface area contributed by atoms with E-state index in [0.29, 0.717) is 23.5 Å². The number of nitrogens with one attached hydrogen (secondary N) is 3. The lowest BCUT2D eigenvalue weighted by Crippen LogP contribution is -3.20. The Labute approximate surface area is 164 Å². The first-order valence-corrected chi connectivity index (χ1v) is 10.7. The molecule has 1 aromatic heterocycles. The van der Waals surface area contributed by atoms with Crippen molar-refractivity contribution in [3.8, 4) is 5.75 Å². The summed E-state index contributed by atoms with van der Waals surface area (Å²) in [6.07, 6.45) is 5.99. The maximum atomic E-state index is 12.5. The maximum Gasteiger partial charge on any atom is 0.319 e. The fourth-order valence-corrected chi connectivity index (χ4v) is 5.49. The summed E-state index contributed by atoms with van der Waals surface area (Å²) in [7, 11) is 1.62. The molecule has 0 saturated carbocycles. The van der Waals surface area contributed by atoms with E-state index in [1.165, 1.54) is 24.1 Å². The molecule has 0 radical (unpaired) electrons. The standard InChI is InChI=1S/C21H27N3O2S/c1-26-20-10-3-2-9-19(20)23-21(25)22-15-12-16-6-4-7-17(13-15)24(16)14-18-8-5-11-27-18/h2-3,5,8-11,15-17H,4,6-7,12-14H2,1H3,(H2,22,23,25)/p+1/t16-,17-/m1/s1. The Bertz CT molecular complexity index is 751. The van der Waals surface area contributed by atoms with Crippen LogP contribution < -0.4 is 20.3 Å². The molecule has 2 fully saturated rings. The number of benzene rings is 1. The van der Waals surface area contributed by atoms with Gasteiger partial charge >= 0.3 is 6.03 Å². The molecule has 5 nitrogen and oxygen atoms in total. The van der Waals surface area contributed by atoms with Crippen LogP contribution in [0.1, 0.15) is 37.0 Å². The normalized spacial score (nSPS) is 27.0. The van der Waals surface area contributed by atoms with E-state index < -0.39 is 0 Å². The molecule has 2 aliphatic rings. The van der Waals surface area contributed by atoms with Crippen LogP contribution in [0.2, 0.25) is 0 Å². The van der Waals surface area contributed by atoms with Gasteiger partial charge in [-0.15, -0.1) is 11.3 Å². The van der Waals surface area contributed by atoms with Crippen LogP contribution in [0.3, 0.4) is 0 Å². The lowest BCUT2D eigenvalue weighted by molar-refractivity contribution is -0.973. The van der Waals surface area contributed by atoms with Gasteiger partial charge in [-0.25, -0.2) is 4.79 Å². The molecule has 2 bridgehead atoms. The van der Waals surface area contributed by atoms with E-state index in [-0.39, 0.29) is 12.1 Å². The highest BCUT2D eigenvalue weighted by molar-refractivity contribution is 7.09. The summed E-state index contributed by atoms with van der Waals surface area (Å²) in [4.78, 5) is 15.7. The molecule has 2 amide bonds. The molecule has 0 spiro atoms. The highest BCUT2D eigenvalue weighted by Gasteiger charge is 2.42. The Morgan fingerprint density at radius 1 is 1.19 bits per heavy atom. The van der Waals surface area contributed by atoms with Crippen molar-refractivity contribution in [3.05, 3.63) is 46.7 Å². The molecule has 4 rings (SSSR count). The van der Waals surface area contributed by atoms with E-state index in [1.807, 2.05) is 35.6 Å². The largest absolute Gasteiger partial charge is 0.495 e. The molecule has 6 heteroatoms. The third-order valence-corrected chi connectivity index (χ3v) is 6.82. The molecule has 3 heterocycles. The first kappa shape index (κ1) is 18.3. The molecule has 0 aliphatic carbocycles. The van der Waals surface area contributed by atoms with Crippen molar-refractivity contribution in [2.24, 2.45) is 0 Å². The number of carbonyl (C=O) groups excluding carboxylic acids is 1. The number of urea groups is 1. The van der Waals surface area contributed by atoms with Gasteiger partial charge in [0.1, 0.15) is 12.3 Å². The van der Waals surface area contributed by atoms with Gasteiger partial charge in [-0.2, -0.15) is 0 Å². The van der Waals surface area contributed by atoms with Gasteiger partial charge in [0.25, 0.3) is 0 Å². The average molecular weight is 387 g/mol. The van der Waals surface area contributed by atoms with Crippen molar-refractivity contribution < 1.29 is 14.4 Å². The van der Waals surface area contributed by atoms with Crippen LogP contribution in [0.4, 0.5) is 10.5 Å². The summed E-state index contributed by atoms with van der Waals surface area (Å²) in [5.41, 5.74) is 0.707. The summed E-state index contributed by atoms with van der Waals surface area (Å²) < 4.78 is 5.32. The van der Waals surface area contributed by atoms with Gasteiger partial charge in [0.15, 0.2) is 0 Å². The molecule has 2 aromatic rings. The number of rotatable bonds is 5. The first-order valence-electron chi connectivity index (χ1n) is 9.81. The van der Waals surface area contributed by atoms with Gasteiger partial charge in [0, 0.05) is 18.9 Å². The van der Waals surface area contributed by atoms with Gasteiger partial charge in [-0.3, -0.25) is 0 Å². The molecule has 3 N–H and O–H groups in total. The number of ether oxygens (including phenoxy) is 1. The molecule has 2 saturated heterocycles. The van der Waals surface area contributed by atoms with Crippen molar-refractivity contribution >= 4 is 23.1 Å². The summed E-state index contributed by atoms with van der Waals surface area (Å²) in [5, 5.41) is 8.32. The second kappa shape index (κ2) is 8.31. The van der Waals surface area contributed by atoms with E-state index in [2.05, 4.69) is 28.1 Å². The van der Waals surface area contributed by atoms with Crippen molar-refractivity contribution in [2.75, 3.05) is 12.4 Å². The number of hydrogen-bond donors (Lipinski definition) is 3. The monoisotopic (exact) mass is 386 g/mol. The van der Waals surface area contributed by atoms with Crippen molar-refractivity contribution in [3.63, 3.8) is 0 Å². The Hall–Kier alpha value is -2.05. The molecule has 0 unspecified atom stereocenters. The van der Waals surface area contributed by atoms with Crippen LogP contribution >= 0.6 is 11.3 Å². The molecule has 2 aliphatic heterocycles. The fraction of sp³-hybridized carbons (Fsp3) is 0.476. The lowest BCUT2D eigenvalue weighted by Gasteiger charge is -2.45. The molecule has 1 aromatic carbocycles. The van der Waals surface area contributed by atoms with Crippen LogP contribution in [-0.4, -0.2) is 31.3 Å². The molecular formula is C21H28N3O2S+. The van der Waals surface area contributed by atoms with Gasteiger partial charge in [-0.1, -0.05) is 18.2 Å². The Balaban J connectivity index is 1.36. The zero-order chi connectivity index (χ0) is 18.6. The van der Waals surface area contributed by atoms with Crippen LogP contribution in [0.15, 0.2) is 41.8 Å². The minimum absolute atomic E-state index is 0.135. The summed E-state index contributed by atoms with van der Waals surface area (Å²) in [6.45, 7) is 1.13. The number of hydrogen-bond acceptors (Lipinski definition) is 3. The smallest absolute Gasteiger partial charge is 0.319 e. The minimum atomic E-state index is -0.135. The Morgan fingerprint density at radius 2 is 1.96 bits per heavy atom. The van der Waals surface area contributed by atoms with Gasteiger partial charge < -0.3 is 20.3 Å². The fourth-order valence-electron chi connectivity index (χ4n) is 4.75. The second-order valence-electron chi connectivity index (χ2n) is 7.62. The summed E-state index contributed by atoms with van der Waals surface area (Å²) in [5.74, 6) is 0.680. The van der Waals surface area contributed by atoms with E-state index in [1.54, 1.807) is 12.0 Å². The lowest BCUT2D eigenvalue weighted by atomic mass is 9.81. The Morgan fingerprint density at radius 3 is 2.67 bits per heavy atom. The highest BCUT2D eigenvalue weighted by atomic mass is 32.1. The zero-order valence-electron chi connectivity index (χ0n) is 15.7. The molecular weight excluding hydrogens is 358 g/mol. The van der Waals surface area contributed by atoms with Gasteiger partial charge in [0.2, 0.25) is 0 Å². The third-order valence-electron chi connectivity index (χ3n) is 5.94. The SMILES string of the molecule is COc1ccccc1NC(=O)NC1C[C@H]2CCC[C@H](C1)[NH+]2Cc1cccs1. The number of amides is 2. The number of fused-ring (bicyclic) bond motifs is 2. The van der Waals surface area contributed by atoms with E-state index >= 15 is 0 Å². The number of carbonyl (C=O) groups is 1. The zero-order valence-corrected chi connectivity index (χ0v) is 16.6. The number of quaternary nitrogens is 1. The van der Waals surface area contributed by atoms with Crippen LogP contribution in [0.25, 0.3) is 0 Å². The predicted octanol–water partition coefficient (Wildman–Crippen LogP) is 3.05. The number of para-hydroxylation sites is 2. The average Bonchev–Trinajstić information content (AvgIpc) is 3.16. The van der Waals surface area contributed by atoms with Crippen molar-refractivity contribution in [2.45, 2.75) is 56.8 Å². The van der Waals surface area contributed by atoms with E-state index in [9.17, 15) is 4.79 Å². The maximum absolute atomic E-state index is 12.5. The van der Waals surface area contributed by atoms with Crippen molar-refractivity contribution in [1.82, 2.24) is 5.32 Å². The van der Waals surface area contributed by atoms with E-state index in [4.69, 9.17) is 4.74 Å². The van der Waals surface area contributed by atoms with Crippen LogP contribution in [0.5, 0.6) is 5.75 Å². The number of methoxy groups -OCH3 is 1. The van der Waals surface area contributed by atoms with E-state index in [0.717, 1.165) is 19.4 Å². The number of piperidine rings is 2. The van der Waals surface area contributed by atoms with Gasteiger partial charge in [0.05, 0.1) is 29.8 Å². The molecule has 2 atom stereocenters. The molecule has 27 heavy (non-hydrogen) atoms. The predicted molar refractivity (Wildman–Crippen MR) is 109 cm³/mol. The number of thiophene rings is 1. The van der Waals surface area contributed by atoms with Crippen LogP contribution in [-0.2, 0) is 6.54 Å². The topological polar surface area (TPSA) is 54.8 Å². The number of anilines is 1. The highest BCUT2D eigenvalue weighted by Crippen LogP contribution is 2.25. The van der Waals surface area contributed by atoms with Gasteiger partial charge in [-0.05, 0) is 42.8 Å². The van der Waals surface area contributed by atoms with Crippen LogP contribution in [0, 0.1) is 0 Å². The Kier molecular flexibility index (Phi) is 5.64. The molecule has 144 valence electrons. The van der Waals surface area contributed by atoms with Crippen molar-refractivity contribution in [1.29, 1.82) is 0 Å². The first-order chi connectivity index (χ1) is 13.2. The third kappa shape index (κ3) is 4.28. The quantitative estimate of drug-likeness (QED) is 0.740. The second-order valence-corrected chi connectivity index (χ2v) is 8.66. The summed E-state index contributed by atoms with van der Waals surface area (Å²) >= 11 is 1.86. The minimum Gasteiger partial charge on any atom is -0.495 e.